The van der Waals surface area contributed by atoms with Crippen molar-refractivity contribution in [1.29, 1.82) is 0 Å². The molecule has 4 heteroatoms. The summed E-state index contributed by atoms with van der Waals surface area (Å²) >= 11 is 0. The van der Waals surface area contributed by atoms with Crippen LogP contribution in [0.3, 0.4) is 0 Å². The first-order valence-corrected chi connectivity index (χ1v) is 4.68. The Labute approximate surface area is 87.2 Å². The molecule has 0 fully saturated rings. The van der Waals surface area contributed by atoms with Crippen LogP contribution in [0.25, 0.3) is 11.0 Å². The van der Waals surface area contributed by atoms with E-state index in [1.807, 2.05) is 12.1 Å². The second-order valence-corrected chi connectivity index (χ2v) is 3.34. The molecule has 0 aliphatic carbocycles. The molecule has 0 bridgehead atoms. The van der Waals surface area contributed by atoms with Crippen LogP contribution in [0.4, 0.5) is 0 Å². The minimum Gasteiger partial charge on any atom is -0.496 e. The average molecular weight is 207 g/mol. The molecule has 1 unspecified atom stereocenters. The second-order valence-electron chi connectivity index (χ2n) is 3.34. The van der Waals surface area contributed by atoms with Crippen LogP contribution in [0.1, 0.15) is 11.6 Å². The first-order chi connectivity index (χ1) is 7.26. The number of aliphatic hydroxyl groups is 1. The Kier molecular flexibility index (Phi) is 2.62. The molecule has 0 saturated heterocycles. The summed E-state index contributed by atoms with van der Waals surface area (Å²) in [6, 6.07) is 5.07. The fourth-order valence-electron chi connectivity index (χ4n) is 1.57. The Morgan fingerprint density at radius 3 is 3.00 bits per heavy atom. The molecule has 0 aliphatic heterocycles. The molecule has 1 heterocycles. The average Bonchev–Trinajstić information content (AvgIpc) is 2.73. The highest BCUT2D eigenvalue weighted by molar-refractivity contribution is 5.80. The summed E-state index contributed by atoms with van der Waals surface area (Å²) in [6.07, 6.45) is 1.61. The Morgan fingerprint density at radius 2 is 2.33 bits per heavy atom. The van der Waals surface area contributed by atoms with E-state index in [1.165, 1.54) is 0 Å². The van der Waals surface area contributed by atoms with E-state index in [9.17, 15) is 0 Å². The highest BCUT2D eigenvalue weighted by atomic mass is 16.5. The summed E-state index contributed by atoms with van der Waals surface area (Å²) in [5.74, 6) is 0.638. The molecule has 1 aromatic carbocycles. The lowest BCUT2D eigenvalue weighted by Gasteiger charge is -2.13. The van der Waals surface area contributed by atoms with Crippen LogP contribution in [0.15, 0.2) is 28.9 Å². The lowest BCUT2D eigenvalue weighted by Crippen LogP contribution is -2.15. The van der Waals surface area contributed by atoms with Gasteiger partial charge in [0.2, 0.25) is 0 Å². The predicted molar refractivity (Wildman–Crippen MR) is 56.8 cm³/mol. The number of benzene rings is 1. The lowest BCUT2D eigenvalue weighted by atomic mass is 10.1. The molecule has 80 valence electrons. The first-order valence-electron chi connectivity index (χ1n) is 4.68. The number of fused-ring (bicyclic) bond motifs is 1. The van der Waals surface area contributed by atoms with Gasteiger partial charge in [0.15, 0.2) is 0 Å². The number of aliphatic hydroxyl groups excluding tert-OH is 1. The summed E-state index contributed by atoms with van der Waals surface area (Å²) in [7, 11) is 1.57. The molecule has 0 aliphatic rings. The Bertz CT molecular complexity index is 464. The quantitative estimate of drug-likeness (QED) is 0.798. The van der Waals surface area contributed by atoms with Crippen molar-refractivity contribution in [3.05, 3.63) is 30.0 Å². The van der Waals surface area contributed by atoms with Gasteiger partial charge >= 0.3 is 0 Å². The van der Waals surface area contributed by atoms with Gasteiger partial charge < -0.3 is 20.0 Å². The van der Waals surface area contributed by atoms with Crippen molar-refractivity contribution in [2.24, 2.45) is 5.73 Å². The van der Waals surface area contributed by atoms with Crippen LogP contribution in [-0.4, -0.2) is 18.8 Å². The molecule has 2 rings (SSSR count). The van der Waals surface area contributed by atoms with Crippen molar-refractivity contribution in [3.63, 3.8) is 0 Å². The molecule has 3 N–H and O–H groups in total. The molecular formula is C11H13NO3. The van der Waals surface area contributed by atoms with E-state index in [-0.39, 0.29) is 6.61 Å². The van der Waals surface area contributed by atoms with Crippen molar-refractivity contribution in [3.8, 4) is 5.75 Å². The van der Waals surface area contributed by atoms with E-state index in [1.54, 1.807) is 19.4 Å². The van der Waals surface area contributed by atoms with Crippen LogP contribution in [-0.2, 0) is 0 Å². The minimum absolute atomic E-state index is 0.111. The number of ether oxygens (including phenoxy) is 1. The Hall–Kier alpha value is -1.52. The van der Waals surface area contributed by atoms with Gasteiger partial charge in [0, 0.05) is 17.0 Å². The molecule has 2 aromatic rings. The summed E-state index contributed by atoms with van der Waals surface area (Å²) in [4.78, 5) is 0. The van der Waals surface area contributed by atoms with E-state index >= 15 is 0 Å². The van der Waals surface area contributed by atoms with Gasteiger partial charge in [0.25, 0.3) is 0 Å². The van der Waals surface area contributed by atoms with Gasteiger partial charge in [0.1, 0.15) is 11.3 Å². The van der Waals surface area contributed by atoms with Gasteiger partial charge in [-0.25, -0.2) is 0 Å². The zero-order valence-electron chi connectivity index (χ0n) is 8.43. The number of methoxy groups -OCH3 is 1. The normalized spacial score (nSPS) is 13.0. The zero-order chi connectivity index (χ0) is 10.8. The smallest absolute Gasteiger partial charge is 0.137 e. The van der Waals surface area contributed by atoms with Crippen molar-refractivity contribution < 1.29 is 14.3 Å². The molecule has 1 atom stereocenters. The minimum atomic E-state index is -0.431. The van der Waals surface area contributed by atoms with Crippen LogP contribution in [0, 0.1) is 0 Å². The summed E-state index contributed by atoms with van der Waals surface area (Å²) in [5.41, 5.74) is 7.31. The van der Waals surface area contributed by atoms with Crippen molar-refractivity contribution >= 4 is 11.0 Å². The fraction of sp³-hybridized carbons (Fsp3) is 0.273. The lowest BCUT2D eigenvalue weighted by molar-refractivity contribution is 0.264. The SMILES string of the molecule is COc1cc2occc2cc1C(N)CO. The number of hydrogen-bond donors (Lipinski definition) is 2. The molecule has 4 nitrogen and oxygen atoms in total. The van der Waals surface area contributed by atoms with Gasteiger partial charge in [0.05, 0.1) is 26.0 Å². The van der Waals surface area contributed by atoms with E-state index in [0.29, 0.717) is 5.75 Å². The van der Waals surface area contributed by atoms with Crippen LogP contribution >= 0.6 is 0 Å². The summed E-state index contributed by atoms with van der Waals surface area (Å²) in [6.45, 7) is -0.111. The molecule has 15 heavy (non-hydrogen) atoms. The van der Waals surface area contributed by atoms with Crippen molar-refractivity contribution in [2.45, 2.75) is 6.04 Å². The maximum Gasteiger partial charge on any atom is 0.137 e. The Balaban J connectivity index is 2.59. The van der Waals surface area contributed by atoms with E-state index in [2.05, 4.69) is 0 Å². The monoisotopic (exact) mass is 207 g/mol. The summed E-state index contributed by atoms with van der Waals surface area (Å²) in [5, 5.41) is 9.98. The maximum absolute atomic E-state index is 9.03. The van der Waals surface area contributed by atoms with Gasteiger partial charge in [-0.3, -0.25) is 0 Å². The third-order valence-corrected chi connectivity index (χ3v) is 2.40. The molecule has 1 aromatic heterocycles. The van der Waals surface area contributed by atoms with Crippen molar-refractivity contribution in [2.75, 3.05) is 13.7 Å². The number of hydrogen-bond acceptors (Lipinski definition) is 4. The van der Waals surface area contributed by atoms with E-state index in [0.717, 1.165) is 16.5 Å². The number of furan rings is 1. The number of nitrogens with two attached hydrogens (primary N) is 1. The van der Waals surface area contributed by atoms with Crippen LogP contribution in [0.2, 0.25) is 0 Å². The van der Waals surface area contributed by atoms with Crippen molar-refractivity contribution in [1.82, 2.24) is 0 Å². The molecule has 0 amide bonds. The largest absolute Gasteiger partial charge is 0.496 e. The second kappa shape index (κ2) is 3.92. The highest BCUT2D eigenvalue weighted by Crippen LogP contribution is 2.29. The van der Waals surface area contributed by atoms with Gasteiger partial charge in [-0.05, 0) is 12.1 Å². The van der Waals surface area contributed by atoms with E-state index in [4.69, 9.17) is 20.0 Å². The third kappa shape index (κ3) is 1.69. The standard InChI is InChI=1S/C11H13NO3/c1-14-11-5-10-7(2-3-15-10)4-8(11)9(12)6-13/h2-5,9,13H,6,12H2,1H3. The molecular weight excluding hydrogens is 194 g/mol. The highest BCUT2D eigenvalue weighted by Gasteiger charge is 2.13. The zero-order valence-corrected chi connectivity index (χ0v) is 8.43. The third-order valence-electron chi connectivity index (χ3n) is 2.40. The first kappa shape index (κ1) is 10.0. The maximum atomic E-state index is 9.03. The Morgan fingerprint density at radius 1 is 1.53 bits per heavy atom. The molecule has 0 radical (unpaired) electrons. The molecule has 0 spiro atoms. The fourth-order valence-corrected chi connectivity index (χ4v) is 1.57. The predicted octanol–water partition coefficient (Wildman–Crippen LogP) is 1.43. The van der Waals surface area contributed by atoms with Crippen LogP contribution in [0.5, 0.6) is 5.75 Å². The van der Waals surface area contributed by atoms with Gasteiger partial charge in [-0.1, -0.05) is 0 Å². The van der Waals surface area contributed by atoms with E-state index < -0.39 is 6.04 Å². The van der Waals surface area contributed by atoms with Crippen LogP contribution < -0.4 is 10.5 Å². The van der Waals surface area contributed by atoms with Gasteiger partial charge in [-0.2, -0.15) is 0 Å². The summed E-state index contributed by atoms with van der Waals surface area (Å²) < 4.78 is 10.4. The topological polar surface area (TPSA) is 68.6 Å². The number of rotatable bonds is 3. The molecule has 0 saturated carbocycles. The van der Waals surface area contributed by atoms with Gasteiger partial charge in [-0.15, -0.1) is 0 Å².